The number of hydrogen-bond acceptors (Lipinski definition) is 2. The molecule has 0 radical (unpaired) electrons. The molecule has 0 fully saturated rings. The van der Waals surface area contributed by atoms with Crippen LogP contribution >= 0.6 is 15.9 Å². The number of benzene rings is 1. The number of likely N-dealkylation sites (N-methyl/N-ethyl adjacent to an activating group) is 1. The Balaban J connectivity index is 2.66. The quantitative estimate of drug-likeness (QED) is 0.895. The summed E-state index contributed by atoms with van der Waals surface area (Å²) >= 11 is 3.02. The smallest absolute Gasteiger partial charge is 0.321 e. The monoisotopic (exact) mass is 290 g/mol. The number of carbonyl (C=O) groups excluding carboxylic acids is 1. The van der Waals surface area contributed by atoms with Crippen molar-refractivity contribution in [2.45, 2.75) is 0 Å². The molecule has 88 valence electrons. The third-order valence-electron chi connectivity index (χ3n) is 1.95. The van der Waals surface area contributed by atoms with Gasteiger partial charge in [-0.25, -0.2) is 9.18 Å². The summed E-state index contributed by atoms with van der Waals surface area (Å²) in [7, 11) is 1.56. The van der Waals surface area contributed by atoms with Crippen LogP contribution in [0, 0.1) is 5.82 Å². The van der Waals surface area contributed by atoms with Crippen molar-refractivity contribution in [3.8, 4) is 0 Å². The Morgan fingerprint density at radius 1 is 1.62 bits per heavy atom. The van der Waals surface area contributed by atoms with Crippen molar-refractivity contribution in [3.63, 3.8) is 0 Å². The number of amides is 2. The molecule has 2 N–H and O–H groups in total. The van der Waals surface area contributed by atoms with E-state index in [1.165, 1.54) is 23.1 Å². The summed E-state index contributed by atoms with van der Waals surface area (Å²) in [5.41, 5.74) is 0.489. The molecule has 6 heteroatoms. The van der Waals surface area contributed by atoms with Crippen molar-refractivity contribution in [2.75, 3.05) is 25.5 Å². The van der Waals surface area contributed by atoms with Gasteiger partial charge >= 0.3 is 6.03 Å². The van der Waals surface area contributed by atoms with Crippen LogP contribution in [0.5, 0.6) is 0 Å². The molecule has 0 aliphatic carbocycles. The highest BCUT2D eigenvalue weighted by Gasteiger charge is 2.08. The molecule has 0 aliphatic rings. The largest absolute Gasteiger partial charge is 0.395 e. The summed E-state index contributed by atoms with van der Waals surface area (Å²) in [6, 6.07) is 3.84. The van der Waals surface area contributed by atoms with Crippen LogP contribution in [0.25, 0.3) is 0 Å². The van der Waals surface area contributed by atoms with Crippen LogP contribution in [0.2, 0.25) is 0 Å². The van der Waals surface area contributed by atoms with E-state index in [9.17, 15) is 9.18 Å². The predicted octanol–water partition coefficient (Wildman–Crippen LogP) is 2.04. The minimum Gasteiger partial charge on any atom is -0.395 e. The zero-order valence-corrected chi connectivity index (χ0v) is 10.3. The summed E-state index contributed by atoms with van der Waals surface area (Å²) in [5.74, 6) is -0.387. The van der Waals surface area contributed by atoms with Crippen LogP contribution in [-0.2, 0) is 0 Å². The van der Waals surface area contributed by atoms with Crippen molar-refractivity contribution < 1.29 is 14.3 Å². The average Bonchev–Trinajstić information content (AvgIpc) is 2.24. The second-order valence-electron chi connectivity index (χ2n) is 3.20. The van der Waals surface area contributed by atoms with E-state index in [1.807, 2.05) is 0 Å². The van der Waals surface area contributed by atoms with Crippen LogP contribution in [0.15, 0.2) is 22.7 Å². The minimum absolute atomic E-state index is 0.100. The van der Waals surface area contributed by atoms with Crippen LogP contribution in [0.3, 0.4) is 0 Å². The van der Waals surface area contributed by atoms with Crippen molar-refractivity contribution in [3.05, 3.63) is 28.5 Å². The zero-order chi connectivity index (χ0) is 12.1. The van der Waals surface area contributed by atoms with Crippen LogP contribution in [-0.4, -0.2) is 36.2 Å². The topological polar surface area (TPSA) is 52.6 Å². The normalized spacial score (nSPS) is 10.0. The maximum atomic E-state index is 12.9. The highest BCUT2D eigenvalue weighted by Crippen LogP contribution is 2.20. The number of halogens is 2. The van der Waals surface area contributed by atoms with Crippen molar-refractivity contribution in [1.82, 2.24) is 4.90 Å². The molecular weight excluding hydrogens is 279 g/mol. The standard InChI is InChI=1S/C10H12BrFN2O2/c1-14(4-5-15)10(16)13-7-2-3-9(12)8(11)6-7/h2-3,6,15H,4-5H2,1H3,(H,13,16). The Bertz CT molecular complexity index is 387. The first-order valence-corrected chi connectivity index (χ1v) is 5.42. The molecule has 4 nitrogen and oxygen atoms in total. The highest BCUT2D eigenvalue weighted by molar-refractivity contribution is 9.10. The second kappa shape index (κ2) is 5.81. The number of nitrogens with zero attached hydrogens (tertiary/aromatic N) is 1. The van der Waals surface area contributed by atoms with Gasteiger partial charge in [-0.05, 0) is 34.1 Å². The molecule has 0 unspecified atom stereocenters. The Labute approximate surface area is 101 Å². The molecule has 1 rings (SSSR count). The lowest BCUT2D eigenvalue weighted by Crippen LogP contribution is -2.33. The van der Waals surface area contributed by atoms with Gasteiger partial charge in [0.15, 0.2) is 0 Å². The number of anilines is 1. The summed E-state index contributed by atoms with van der Waals surface area (Å²) in [5, 5.41) is 11.2. The molecule has 0 atom stereocenters. The van der Waals surface area contributed by atoms with E-state index >= 15 is 0 Å². The Kier molecular flexibility index (Phi) is 4.70. The van der Waals surface area contributed by atoms with E-state index in [4.69, 9.17) is 5.11 Å². The van der Waals surface area contributed by atoms with Gasteiger partial charge in [0, 0.05) is 19.3 Å². The Morgan fingerprint density at radius 2 is 2.31 bits per heavy atom. The van der Waals surface area contributed by atoms with Gasteiger partial charge in [-0.1, -0.05) is 0 Å². The van der Waals surface area contributed by atoms with Gasteiger partial charge in [-0.15, -0.1) is 0 Å². The lowest BCUT2D eigenvalue weighted by atomic mass is 10.3. The van der Waals surface area contributed by atoms with Gasteiger partial charge in [-0.3, -0.25) is 0 Å². The molecule has 2 amide bonds. The van der Waals surface area contributed by atoms with E-state index in [0.717, 1.165) is 0 Å². The highest BCUT2D eigenvalue weighted by atomic mass is 79.9. The number of hydrogen-bond donors (Lipinski definition) is 2. The average molecular weight is 291 g/mol. The molecule has 0 aliphatic heterocycles. The third kappa shape index (κ3) is 3.46. The predicted molar refractivity (Wildman–Crippen MR) is 62.8 cm³/mol. The van der Waals surface area contributed by atoms with Crippen molar-refractivity contribution >= 4 is 27.6 Å². The fraction of sp³-hybridized carbons (Fsp3) is 0.300. The fourth-order valence-electron chi connectivity index (χ4n) is 1.04. The summed E-state index contributed by atoms with van der Waals surface area (Å²) < 4.78 is 13.2. The number of aliphatic hydroxyl groups excluding tert-OH is 1. The van der Waals surface area contributed by atoms with Crippen LogP contribution in [0.1, 0.15) is 0 Å². The van der Waals surface area contributed by atoms with E-state index in [0.29, 0.717) is 5.69 Å². The van der Waals surface area contributed by atoms with Crippen LogP contribution in [0.4, 0.5) is 14.9 Å². The van der Waals surface area contributed by atoms with E-state index in [-0.39, 0.29) is 29.5 Å². The number of urea groups is 1. The van der Waals surface area contributed by atoms with Crippen molar-refractivity contribution in [1.29, 1.82) is 0 Å². The van der Waals surface area contributed by atoms with Gasteiger partial charge in [0.2, 0.25) is 0 Å². The summed E-state index contributed by atoms with van der Waals surface area (Å²) in [4.78, 5) is 12.8. The molecule has 1 aromatic carbocycles. The van der Waals surface area contributed by atoms with Gasteiger partial charge in [0.25, 0.3) is 0 Å². The van der Waals surface area contributed by atoms with Gasteiger partial charge in [-0.2, -0.15) is 0 Å². The molecule has 1 aromatic rings. The van der Waals surface area contributed by atoms with Gasteiger partial charge < -0.3 is 15.3 Å². The number of nitrogens with one attached hydrogen (secondary N) is 1. The molecule has 0 saturated heterocycles. The number of rotatable bonds is 3. The Morgan fingerprint density at radius 3 is 2.88 bits per heavy atom. The molecule has 16 heavy (non-hydrogen) atoms. The molecule has 0 aromatic heterocycles. The molecular formula is C10H12BrFN2O2. The van der Waals surface area contributed by atoms with E-state index in [2.05, 4.69) is 21.2 Å². The summed E-state index contributed by atoms with van der Waals surface area (Å²) in [6.45, 7) is 0.144. The Hall–Kier alpha value is -1.14. The van der Waals surface area contributed by atoms with E-state index < -0.39 is 0 Å². The van der Waals surface area contributed by atoms with Gasteiger partial charge in [0.05, 0.1) is 11.1 Å². The minimum atomic E-state index is -0.387. The van der Waals surface area contributed by atoms with Gasteiger partial charge in [0.1, 0.15) is 5.82 Å². The number of carbonyl (C=O) groups is 1. The first-order valence-electron chi connectivity index (χ1n) is 4.62. The van der Waals surface area contributed by atoms with Crippen LogP contribution < -0.4 is 5.32 Å². The maximum absolute atomic E-state index is 12.9. The maximum Gasteiger partial charge on any atom is 0.321 e. The SMILES string of the molecule is CN(CCO)C(=O)Nc1ccc(F)c(Br)c1. The molecule has 0 bridgehead atoms. The molecule has 0 spiro atoms. The summed E-state index contributed by atoms with van der Waals surface area (Å²) in [6.07, 6.45) is 0. The zero-order valence-electron chi connectivity index (χ0n) is 8.70. The van der Waals surface area contributed by atoms with E-state index in [1.54, 1.807) is 7.05 Å². The first-order chi connectivity index (χ1) is 7.54. The third-order valence-corrected chi connectivity index (χ3v) is 2.56. The molecule has 0 heterocycles. The first kappa shape index (κ1) is 12.9. The van der Waals surface area contributed by atoms with Crippen molar-refractivity contribution in [2.24, 2.45) is 0 Å². The number of aliphatic hydroxyl groups is 1. The fourth-order valence-corrected chi connectivity index (χ4v) is 1.42. The lowest BCUT2D eigenvalue weighted by molar-refractivity contribution is 0.202. The second-order valence-corrected chi connectivity index (χ2v) is 4.06. The lowest BCUT2D eigenvalue weighted by Gasteiger charge is -2.16. The molecule has 0 saturated carbocycles.